The molecule has 15 heavy (non-hydrogen) atoms. The molecule has 0 radical (unpaired) electrons. The Morgan fingerprint density at radius 1 is 1.33 bits per heavy atom. The van der Waals surface area contributed by atoms with Crippen LogP contribution in [0, 0.1) is 11.6 Å². The molecule has 0 heterocycles. The highest BCUT2D eigenvalue weighted by molar-refractivity contribution is 9.10. The summed E-state index contributed by atoms with van der Waals surface area (Å²) >= 11 is 2.87. The van der Waals surface area contributed by atoms with E-state index in [4.69, 9.17) is 5.73 Å². The zero-order valence-corrected chi connectivity index (χ0v) is 10.4. The Morgan fingerprint density at radius 2 is 1.93 bits per heavy atom. The average molecular weight is 278 g/mol. The van der Waals surface area contributed by atoms with Crippen molar-refractivity contribution in [3.63, 3.8) is 0 Å². The molecule has 1 nitrogen and oxygen atoms in total. The summed E-state index contributed by atoms with van der Waals surface area (Å²) in [5, 5.41) is 0. The third kappa shape index (κ3) is 3.54. The van der Waals surface area contributed by atoms with Crippen LogP contribution in [0.3, 0.4) is 0 Å². The lowest BCUT2D eigenvalue weighted by Gasteiger charge is -2.18. The van der Waals surface area contributed by atoms with Crippen LogP contribution in [-0.4, -0.2) is 5.54 Å². The van der Waals surface area contributed by atoms with Gasteiger partial charge in [0.1, 0.15) is 11.6 Å². The molecular formula is C11H14BrF2N. The Balaban J connectivity index is 2.83. The van der Waals surface area contributed by atoms with E-state index in [1.807, 2.05) is 13.8 Å². The topological polar surface area (TPSA) is 26.0 Å². The third-order valence-electron chi connectivity index (χ3n) is 2.15. The second-order valence-electron chi connectivity index (χ2n) is 4.32. The molecule has 4 heteroatoms. The molecule has 0 spiro atoms. The van der Waals surface area contributed by atoms with Crippen molar-refractivity contribution < 1.29 is 8.78 Å². The van der Waals surface area contributed by atoms with Crippen molar-refractivity contribution in [1.29, 1.82) is 0 Å². The molecule has 84 valence electrons. The standard InChI is InChI=1S/C11H14BrF2N/c1-11(2,15)6-5-7-3-4-8(13)9(12)10(7)14/h3-4H,5-6,15H2,1-2H3. The number of hydrogen-bond acceptors (Lipinski definition) is 1. The van der Waals surface area contributed by atoms with Gasteiger partial charge in [-0.15, -0.1) is 0 Å². The molecule has 0 aliphatic carbocycles. The molecule has 0 aliphatic rings. The molecule has 1 aromatic carbocycles. The number of aryl methyl sites for hydroxylation is 1. The van der Waals surface area contributed by atoms with E-state index in [-0.39, 0.29) is 10.0 Å². The van der Waals surface area contributed by atoms with Crippen LogP contribution in [0.2, 0.25) is 0 Å². The van der Waals surface area contributed by atoms with Gasteiger partial charge in [-0.3, -0.25) is 0 Å². The highest BCUT2D eigenvalue weighted by Gasteiger charge is 2.15. The van der Waals surface area contributed by atoms with E-state index in [2.05, 4.69) is 15.9 Å². The van der Waals surface area contributed by atoms with Crippen LogP contribution in [0.1, 0.15) is 25.8 Å². The van der Waals surface area contributed by atoms with Crippen LogP contribution in [0.4, 0.5) is 8.78 Å². The van der Waals surface area contributed by atoms with Crippen molar-refractivity contribution in [2.75, 3.05) is 0 Å². The quantitative estimate of drug-likeness (QED) is 0.842. The zero-order valence-electron chi connectivity index (χ0n) is 8.78. The van der Waals surface area contributed by atoms with Crippen molar-refractivity contribution in [3.05, 3.63) is 33.8 Å². The lowest BCUT2D eigenvalue weighted by Crippen LogP contribution is -2.32. The number of nitrogens with two attached hydrogens (primary N) is 1. The summed E-state index contributed by atoms with van der Waals surface area (Å²) in [6.45, 7) is 3.76. The van der Waals surface area contributed by atoms with Gasteiger partial charge in [-0.25, -0.2) is 8.78 Å². The Morgan fingerprint density at radius 3 is 2.47 bits per heavy atom. The van der Waals surface area contributed by atoms with Gasteiger partial charge in [-0.1, -0.05) is 6.07 Å². The monoisotopic (exact) mass is 277 g/mol. The van der Waals surface area contributed by atoms with Crippen LogP contribution in [0.15, 0.2) is 16.6 Å². The summed E-state index contributed by atoms with van der Waals surface area (Å²) in [6.07, 6.45) is 1.16. The van der Waals surface area contributed by atoms with Crippen molar-refractivity contribution in [1.82, 2.24) is 0 Å². The van der Waals surface area contributed by atoms with Crippen LogP contribution < -0.4 is 5.73 Å². The maximum absolute atomic E-state index is 13.5. The van der Waals surface area contributed by atoms with Gasteiger partial charge >= 0.3 is 0 Å². The molecule has 0 unspecified atom stereocenters. The molecule has 1 aromatic rings. The Hall–Kier alpha value is -0.480. The van der Waals surface area contributed by atoms with Crippen molar-refractivity contribution in [3.8, 4) is 0 Å². The summed E-state index contributed by atoms with van der Waals surface area (Å²) < 4.78 is 26.3. The molecule has 2 N–H and O–H groups in total. The van der Waals surface area contributed by atoms with Crippen molar-refractivity contribution >= 4 is 15.9 Å². The van der Waals surface area contributed by atoms with E-state index in [1.165, 1.54) is 12.1 Å². The molecule has 0 atom stereocenters. The van der Waals surface area contributed by atoms with Crippen LogP contribution in [0.25, 0.3) is 0 Å². The lowest BCUT2D eigenvalue weighted by atomic mass is 9.96. The van der Waals surface area contributed by atoms with Gasteiger partial charge in [0.2, 0.25) is 0 Å². The van der Waals surface area contributed by atoms with E-state index in [9.17, 15) is 8.78 Å². The van der Waals surface area contributed by atoms with E-state index in [1.54, 1.807) is 0 Å². The average Bonchev–Trinajstić information content (AvgIpc) is 2.12. The minimum Gasteiger partial charge on any atom is -0.326 e. The Labute approximate surface area is 96.8 Å². The molecule has 0 aliphatic heterocycles. The van der Waals surface area contributed by atoms with Crippen LogP contribution >= 0.6 is 15.9 Å². The SMILES string of the molecule is CC(C)(N)CCc1ccc(F)c(Br)c1F. The molecular weight excluding hydrogens is 264 g/mol. The predicted molar refractivity (Wildman–Crippen MR) is 60.6 cm³/mol. The molecule has 0 fully saturated rings. The number of benzene rings is 1. The van der Waals surface area contributed by atoms with E-state index < -0.39 is 11.6 Å². The second-order valence-corrected chi connectivity index (χ2v) is 5.12. The molecule has 0 saturated heterocycles. The fourth-order valence-electron chi connectivity index (χ4n) is 1.22. The first kappa shape index (κ1) is 12.6. The maximum atomic E-state index is 13.5. The first-order chi connectivity index (χ1) is 6.81. The highest BCUT2D eigenvalue weighted by Crippen LogP contribution is 2.24. The molecule has 1 rings (SSSR count). The van der Waals surface area contributed by atoms with Gasteiger partial charge in [0.25, 0.3) is 0 Å². The van der Waals surface area contributed by atoms with Gasteiger partial charge < -0.3 is 5.73 Å². The van der Waals surface area contributed by atoms with E-state index in [0.29, 0.717) is 18.4 Å². The molecule has 0 saturated carbocycles. The van der Waals surface area contributed by atoms with Crippen molar-refractivity contribution in [2.45, 2.75) is 32.2 Å². The van der Waals surface area contributed by atoms with E-state index >= 15 is 0 Å². The largest absolute Gasteiger partial charge is 0.326 e. The smallest absolute Gasteiger partial charge is 0.143 e. The first-order valence-electron chi connectivity index (χ1n) is 4.72. The number of halogens is 3. The Kier molecular flexibility index (Phi) is 3.84. The lowest BCUT2D eigenvalue weighted by molar-refractivity contribution is 0.468. The Bertz CT molecular complexity index is 358. The molecule has 0 bridgehead atoms. The van der Waals surface area contributed by atoms with Gasteiger partial charge in [-0.05, 0) is 54.2 Å². The number of hydrogen-bond donors (Lipinski definition) is 1. The van der Waals surface area contributed by atoms with E-state index in [0.717, 1.165) is 0 Å². The second kappa shape index (κ2) is 4.58. The van der Waals surface area contributed by atoms with Crippen molar-refractivity contribution in [2.24, 2.45) is 5.73 Å². The van der Waals surface area contributed by atoms with Crippen LogP contribution in [-0.2, 0) is 6.42 Å². The molecule has 0 aromatic heterocycles. The maximum Gasteiger partial charge on any atom is 0.143 e. The zero-order chi connectivity index (χ0) is 11.6. The van der Waals surface area contributed by atoms with Crippen LogP contribution in [0.5, 0.6) is 0 Å². The fourth-order valence-corrected chi connectivity index (χ4v) is 1.60. The highest BCUT2D eigenvalue weighted by atomic mass is 79.9. The summed E-state index contributed by atoms with van der Waals surface area (Å²) in [5.41, 5.74) is 5.94. The minimum atomic E-state index is -0.580. The summed E-state index contributed by atoms with van der Waals surface area (Å²) in [6, 6.07) is 2.72. The van der Waals surface area contributed by atoms with Gasteiger partial charge in [0.05, 0.1) is 4.47 Å². The minimum absolute atomic E-state index is 0.102. The summed E-state index contributed by atoms with van der Waals surface area (Å²) in [4.78, 5) is 0. The van der Waals surface area contributed by atoms with Gasteiger partial charge in [0, 0.05) is 5.54 Å². The number of rotatable bonds is 3. The summed E-state index contributed by atoms with van der Waals surface area (Å²) in [7, 11) is 0. The summed E-state index contributed by atoms with van der Waals surface area (Å²) in [5.74, 6) is -1.11. The first-order valence-corrected chi connectivity index (χ1v) is 5.52. The molecule has 0 amide bonds. The third-order valence-corrected chi connectivity index (χ3v) is 2.88. The fraction of sp³-hybridized carbons (Fsp3) is 0.455. The van der Waals surface area contributed by atoms with Gasteiger partial charge in [-0.2, -0.15) is 0 Å². The normalized spacial score (nSPS) is 11.9. The predicted octanol–water partition coefficient (Wildman–Crippen LogP) is 3.40. The van der Waals surface area contributed by atoms with Gasteiger partial charge in [0.15, 0.2) is 0 Å².